The molecule has 0 spiro atoms. The molecule has 0 aromatic heterocycles. The number of hydrogen-bond donors (Lipinski definition) is 1. The lowest BCUT2D eigenvalue weighted by atomic mass is 9.61. The number of ether oxygens (including phenoxy) is 1. The van der Waals surface area contributed by atoms with Gasteiger partial charge in [-0.2, -0.15) is 0 Å². The van der Waals surface area contributed by atoms with E-state index < -0.39 is 27.1 Å². The van der Waals surface area contributed by atoms with Gasteiger partial charge in [-0.05, 0) is 44.2 Å². The second-order valence-corrected chi connectivity index (χ2v) is 9.84. The van der Waals surface area contributed by atoms with E-state index in [0.29, 0.717) is 24.8 Å². The van der Waals surface area contributed by atoms with Crippen LogP contribution in [0.2, 0.25) is 0 Å². The molecule has 4 nitrogen and oxygen atoms in total. The third-order valence-corrected chi connectivity index (χ3v) is 8.37. The van der Waals surface area contributed by atoms with E-state index in [4.69, 9.17) is 4.74 Å². The van der Waals surface area contributed by atoms with Gasteiger partial charge < -0.3 is 4.74 Å². The van der Waals surface area contributed by atoms with E-state index >= 15 is 0 Å². The summed E-state index contributed by atoms with van der Waals surface area (Å²) < 4.78 is 61.6. The van der Waals surface area contributed by atoms with Crippen molar-refractivity contribution >= 4 is 10.0 Å². The van der Waals surface area contributed by atoms with Crippen molar-refractivity contribution in [1.82, 2.24) is 4.72 Å². The van der Waals surface area contributed by atoms with Gasteiger partial charge in [0.05, 0.1) is 11.9 Å². The van der Waals surface area contributed by atoms with Crippen molar-refractivity contribution in [3.63, 3.8) is 0 Å². The molecule has 1 N–H and O–H groups in total. The standard InChI is InChI=1S/C18H23F2NO3S/c1-18-8-7-12(21-25(22,23)13-3-2-4-13)9-11(18)10-24-17-15(20)6-5-14(19)16(17)18/h5-6,11-13,21H,2-4,7-10H2,1H3/t11-,12-,18-/m1/s1. The fraction of sp³-hybridized carbons (Fsp3) is 0.667. The lowest BCUT2D eigenvalue weighted by Gasteiger charge is -2.48. The van der Waals surface area contributed by atoms with Crippen LogP contribution in [0.5, 0.6) is 5.75 Å². The van der Waals surface area contributed by atoms with Crippen LogP contribution in [0, 0.1) is 17.6 Å². The molecule has 2 aliphatic carbocycles. The lowest BCUT2D eigenvalue weighted by molar-refractivity contribution is 0.0794. The highest BCUT2D eigenvalue weighted by atomic mass is 32.2. The van der Waals surface area contributed by atoms with Gasteiger partial charge >= 0.3 is 0 Å². The molecule has 1 aromatic carbocycles. The van der Waals surface area contributed by atoms with Crippen LogP contribution in [-0.2, 0) is 15.4 Å². The van der Waals surface area contributed by atoms with Crippen molar-refractivity contribution in [2.75, 3.05) is 6.61 Å². The first kappa shape index (κ1) is 17.2. The predicted octanol–water partition coefficient (Wildman–Crippen LogP) is 3.26. The minimum atomic E-state index is -3.28. The minimum Gasteiger partial charge on any atom is -0.490 e. The quantitative estimate of drug-likeness (QED) is 0.887. The largest absolute Gasteiger partial charge is 0.490 e. The van der Waals surface area contributed by atoms with Crippen LogP contribution < -0.4 is 9.46 Å². The normalized spacial score (nSPS) is 32.3. The first-order valence-electron chi connectivity index (χ1n) is 8.94. The highest BCUT2D eigenvalue weighted by Crippen LogP contribution is 2.51. The number of benzene rings is 1. The second-order valence-electron chi connectivity index (χ2n) is 7.85. The van der Waals surface area contributed by atoms with Crippen molar-refractivity contribution in [2.24, 2.45) is 5.92 Å². The van der Waals surface area contributed by atoms with Gasteiger partial charge in [-0.25, -0.2) is 21.9 Å². The Kier molecular flexibility index (Phi) is 4.07. The maximum Gasteiger partial charge on any atom is 0.214 e. The van der Waals surface area contributed by atoms with Crippen LogP contribution in [0.25, 0.3) is 0 Å². The van der Waals surface area contributed by atoms with E-state index in [1.807, 2.05) is 6.92 Å². The summed E-state index contributed by atoms with van der Waals surface area (Å²) in [5.41, 5.74) is -0.220. The average molecular weight is 371 g/mol. The number of fused-ring (bicyclic) bond motifs is 3. The zero-order chi connectivity index (χ0) is 17.8. The molecular formula is C18H23F2NO3S. The van der Waals surface area contributed by atoms with E-state index in [0.717, 1.165) is 31.4 Å². The number of rotatable bonds is 3. The van der Waals surface area contributed by atoms with E-state index in [1.165, 1.54) is 0 Å². The smallest absolute Gasteiger partial charge is 0.214 e. The molecule has 0 bridgehead atoms. The van der Waals surface area contributed by atoms with Crippen LogP contribution >= 0.6 is 0 Å². The summed E-state index contributed by atoms with van der Waals surface area (Å²) in [7, 11) is -3.28. The Morgan fingerprint density at radius 3 is 2.60 bits per heavy atom. The van der Waals surface area contributed by atoms with E-state index in [9.17, 15) is 17.2 Å². The molecule has 1 heterocycles. The molecule has 1 aromatic rings. The fourth-order valence-electron chi connectivity index (χ4n) is 4.49. The monoisotopic (exact) mass is 371 g/mol. The topological polar surface area (TPSA) is 55.4 Å². The Bertz CT molecular complexity index is 794. The van der Waals surface area contributed by atoms with E-state index in [2.05, 4.69) is 4.72 Å². The third kappa shape index (κ3) is 2.76. The SMILES string of the molecule is C[C@@]12CC[C@@H](NS(=O)(=O)C3CCC3)C[C@@H]1COc1c(F)ccc(F)c12. The summed E-state index contributed by atoms with van der Waals surface area (Å²) in [5, 5.41) is -0.268. The first-order valence-corrected chi connectivity index (χ1v) is 10.5. The summed E-state index contributed by atoms with van der Waals surface area (Å²) in [6, 6.07) is 2.08. The van der Waals surface area contributed by atoms with Crippen LogP contribution in [0.15, 0.2) is 12.1 Å². The molecule has 25 heavy (non-hydrogen) atoms. The highest BCUT2D eigenvalue weighted by Gasteiger charge is 2.49. The van der Waals surface area contributed by atoms with Crippen molar-refractivity contribution in [3.8, 4) is 5.75 Å². The van der Waals surface area contributed by atoms with Gasteiger partial charge in [0.2, 0.25) is 10.0 Å². The molecule has 0 radical (unpaired) electrons. The molecule has 3 aliphatic rings. The molecule has 0 saturated heterocycles. The van der Waals surface area contributed by atoms with Gasteiger partial charge in [-0.15, -0.1) is 0 Å². The Labute approximate surface area is 147 Å². The van der Waals surface area contributed by atoms with Gasteiger partial charge in [0.25, 0.3) is 0 Å². The molecular weight excluding hydrogens is 348 g/mol. The summed E-state index contributed by atoms with van der Waals surface area (Å²) in [5.74, 6) is -1.01. The fourth-order valence-corrected chi connectivity index (χ4v) is 6.31. The highest BCUT2D eigenvalue weighted by molar-refractivity contribution is 7.90. The molecule has 2 saturated carbocycles. The van der Waals surface area contributed by atoms with Gasteiger partial charge in [0.15, 0.2) is 11.6 Å². The number of sulfonamides is 1. The predicted molar refractivity (Wildman–Crippen MR) is 90.0 cm³/mol. The summed E-state index contributed by atoms with van der Waals surface area (Å²) in [4.78, 5) is 0. The first-order chi connectivity index (χ1) is 11.8. The van der Waals surface area contributed by atoms with E-state index in [-0.39, 0.29) is 29.6 Å². The Hall–Kier alpha value is -1.21. The number of hydrogen-bond acceptors (Lipinski definition) is 3. The average Bonchev–Trinajstić information content (AvgIpc) is 2.48. The van der Waals surface area contributed by atoms with Crippen LogP contribution in [0.1, 0.15) is 51.0 Å². The molecule has 138 valence electrons. The van der Waals surface area contributed by atoms with Gasteiger partial charge in [0.1, 0.15) is 5.82 Å². The molecule has 0 unspecified atom stereocenters. The number of halogens is 2. The molecule has 0 amide bonds. The Morgan fingerprint density at radius 2 is 1.92 bits per heavy atom. The molecule has 4 rings (SSSR count). The molecule has 1 aliphatic heterocycles. The van der Waals surface area contributed by atoms with Crippen LogP contribution in [-0.4, -0.2) is 26.3 Å². The molecule has 7 heteroatoms. The van der Waals surface area contributed by atoms with Crippen molar-refractivity contribution in [2.45, 2.75) is 62.2 Å². The van der Waals surface area contributed by atoms with Gasteiger partial charge in [-0.1, -0.05) is 13.3 Å². The molecule has 3 atom stereocenters. The lowest BCUT2D eigenvalue weighted by Crippen LogP contribution is -2.52. The zero-order valence-corrected chi connectivity index (χ0v) is 15.0. The van der Waals surface area contributed by atoms with Gasteiger partial charge in [-0.3, -0.25) is 0 Å². The zero-order valence-electron chi connectivity index (χ0n) is 14.2. The Balaban J connectivity index is 1.56. The van der Waals surface area contributed by atoms with Crippen molar-refractivity contribution in [1.29, 1.82) is 0 Å². The van der Waals surface area contributed by atoms with Crippen LogP contribution in [0.3, 0.4) is 0 Å². The summed E-state index contributed by atoms with van der Waals surface area (Å²) >= 11 is 0. The molecule has 2 fully saturated rings. The van der Waals surface area contributed by atoms with Gasteiger partial charge in [0, 0.05) is 22.9 Å². The van der Waals surface area contributed by atoms with Crippen LogP contribution in [0.4, 0.5) is 8.78 Å². The number of nitrogens with one attached hydrogen (secondary N) is 1. The third-order valence-electron chi connectivity index (χ3n) is 6.36. The second kappa shape index (κ2) is 5.91. The van der Waals surface area contributed by atoms with Crippen molar-refractivity contribution < 1.29 is 21.9 Å². The minimum absolute atomic E-state index is 0.0206. The summed E-state index contributed by atoms with van der Waals surface area (Å²) in [6.07, 6.45) is 4.22. The van der Waals surface area contributed by atoms with Crippen molar-refractivity contribution in [3.05, 3.63) is 29.3 Å². The maximum atomic E-state index is 14.4. The maximum absolute atomic E-state index is 14.4. The summed E-state index contributed by atoms with van der Waals surface area (Å²) in [6.45, 7) is 2.23. The van der Waals surface area contributed by atoms with E-state index in [1.54, 1.807) is 0 Å². The Morgan fingerprint density at radius 1 is 1.20 bits per heavy atom.